The summed E-state index contributed by atoms with van der Waals surface area (Å²) >= 11 is 5.63. The Bertz CT molecular complexity index is 342. The Morgan fingerprint density at radius 1 is 1.57 bits per heavy atom. The molecule has 1 aromatic heterocycles. The number of carbonyl (C=O) groups excluding carboxylic acids is 2. The van der Waals surface area contributed by atoms with E-state index in [0.717, 1.165) is 0 Å². The van der Waals surface area contributed by atoms with Crippen LogP contribution in [0, 0.1) is 0 Å². The normalized spacial score (nSPS) is 9.86. The number of hydrogen-bond acceptors (Lipinski definition) is 4. The summed E-state index contributed by atoms with van der Waals surface area (Å²) in [5.41, 5.74) is 0. The predicted molar refractivity (Wildman–Crippen MR) is 49.3 cm³/mol. The lowest BCUT2D eigenvalue weighted by molar-refractivity contribution is -0.142. The zero-order chi connectivity index (χ0) is 10.6. The first-order valence-corrected chi connectivity index (χ1v) is 4.44. The lowest BCUT2D eigenvalue weighted by atomic mass is 10.2. The maximum atomic E-state index is 11.3. The molecule has 1 aromatic rings. The highest BCUT2D eigenvalue weighted by molar-refractivity contribution is 6.33. The van der Waals surface area contributed by atoms with Crippen LogP contribution in [-0.2, 0) is 9.53 Å². The van der Waals surface area contributed by atoms with Crippen molar-refractivity contribution in [2.75, 3.05) is 6.61 Å². The molecule has 0 fully saturated rings. The molecule has 0 radical (unpaired) electrons. The molecule has 1 heterocycles. The van der Waals surface area contributed by atoms with Crippen LogP contribution >= 0.6 is 11.6 Å². The van der Waals surface area contributed by atoms with Crippen LogP contribution in [0.4, 0.5) is 0 Å². The molecule has 0 aliphatic rings. The van der Waals surface area contributed by atoms with Gasteiger partial charge in [0.05, 0.1) is 17.9 Å². The number of furan rings is 1. The second-order valence-electron chi connectivity index (χ2n) is 2.50. The van der Waals surface area contributed by atoms with Crippen LogP contribution < -0.4 is 0 Å². The minimum atomic E-state index is -0.579. The van der Waals surface area contributed by atoms with E-state index < -0.39 is 11.8 Å². The highest BCUT2D eigenvalue weighted by Gasteiger charge is 2.18. The molecular formula is C9H9ClO4. The summed E-state index contributed by atoms with van der Waals surface area (Å²) in [5, 5.41) is 0.208. The third-order valence-corrected chi connectivity index (χ3v) is 1.78. The minimum Gasteiger partial charge on any atom is -0.466 e. The van der Waals surface area contributed by atoms with Crippen LogP contribution in [0.5, 0.6) is 0 Å². The zero-order valence-corrected chi connectivity index (χ0v) is 8.34. The summed E-state index contributed by atoms with van der Waals surface area (Å²) < 4.78 is 9.42. The summed E-state index contributed by atoms with van der Waals surface area (Å²) in [6, 6.07) is 1.44. The van der Waals surface area contributed by atoms with Crippen molar-refractivity contribution < 1.29 is 18.7 Å². The summed E-state index contributed by atoms with van der Waals surface area (Å²) in [6.07, 6.45) is 0.946. The molecule has 76 valence electrons. The number of ketones is 1. The molecular weight excluding hydrogens is 208 g/mol. The number of halogens is 1. The fraction of sp³-hybridized carbons (Fsp3) is 0.333. The summed E-state index contributed by atoms with van der Waals surface area (Å²) in [6.45, 7) is 1.92. The van der Waals surface area contributed by atoms with Crippen LogP contribution in [-0.4, -0.2) is 18.4 Å². The third-order valence-electron chi connectivity index (χ3n) is 1.48. The summed E-state index contributed by atoms with van der Waals surface area (Å²) in [5.74, 6) is -1.05. The molecule has 0 unspecified atom stereocenters. The van der Waals surface area contributed by atoms with E-state index in [-0.39, 0.29) is 23.8 Å². The number of ether oxygens (including phenoxy) is 1. The Hall–Kier alpha value is -1.29. The van der Waals surface area contributed by atoms with Crippen LogP contribution in [0.1, 0.15) is 23.9 Å². The van der Waals surface area contributed by atoms with Gasteiger partial charge in [0.2, 0.25) is 5.78 Å². The van der Waals surface area contributed by atoms with E-state index >= 15 is 0 Å². The Balaban J connectivity index is 2.59. The minimum absolute atomic E-state index is 0.000260. The lowest BCUT2D eigenvalue weighted by Gasteiger charge is -1.99. The highest BCUT2D eigenvalue weighted by Crippen LogP contribution is 2.18. The van der Waals surface area contributed by atoms with Crippen LogP contribution in [0.2, 0.25) is 5.02 Å². The van der Waals surface area contributed by atoms with E-state index in [2.05, 4.69) is 4.74 Å². The molecule has 4 nitrogen and oxygen atoms in total. The molecule has 0 saturated carbocycles. The average Bonchev–Trinajstić information content (AvgIpc) is 2.51. The van der Waals surface area contributed by atoms with Gasteiger partial charge in [0.1, 0.15) is 6.42 Å². The predicted octanol–water partition coefficient (Wildman–Crippen LogP) is 2.07. The fourth-order valence-electron chi connectivity index (χ4n) is 0.916. The summed E-state index contributed by atoms with van der Waals surface area (Å²) in [4.78, 5) is 22.3. The van der Waals surface area contributed by atoms with Crippen molar-refractivity contribution in [3.63, 3.8) is 0 Å². The largest absolute Gasteiger partial charge is 0.466 e. The number of esters is 1. The van der Waals surface area contributed by atoms with Gasteiger partial charge in [-0.3, -0.25) is 9.59 Å². The fourth-order valence-corrected chi connectivity index (χ4v) is 1.12. The average molecular weight is 217 g/mol. The smallest absolute Gasteiger partial charge is 0.313 e. The molecule has 0 bridgehead atoms. The highest BCUT2D eigenvalue weighted by atomic mass is 35.5. The first-order valence-electron chi connectivity index (χ1n) is 4.07. The number of hydrogen-bond donors (Lipinski definition) is 0. The van der Waals surface area contributed by atoms with Gasteiger partial charge in [0, 0.05) is 0 Å². The molecule has 1 rings (SSSR count). The van der Waals surface area contributed by atoms with Crippen molar-refractivity contribution in [3.05, 3.63) is 23.1 Å². The first kappa shape index (κ1) is 10.8. The molecule has 0 aromatic carbocycles. The Labute approximate surface area is 85.8 Å². The van der Waals surface area contributed by atoms with E-state index in [1.807, 2.05) is 0 Å². The zero-order valence-electron chi connectivity index (χ0n) is 7.58. The van der Waals surface area contributed by atoms with Crippen molar-refractivity contribution in [1.29, 1.82) is 0 Å². The first-order chi connectivity index (χ1) is 6.65. The second-order valence-corrected chi connectivity index (χ2v) is 2.91. The van der Waals surface area contributed by atoms with Crippen LogP contribution in [0.25, 0.3) is 0 Å². The van der Waals surface area contributed by atoms with Crippen molar-refractivity contribution in [3.8, 4) is 0 Å². The van der Waals surface area contributed by atoms with E-state index in [9.17, 15) is 9.59 Å². The van der Waals surface area contributed by atoms with Gasteiger partial charge in [0.15, 0.2) is 5.76 Å². The van der Waals surface area contributed by atoms with Crippen molar-refractivity contribution in [1.82, 2.24) is 0 Å². The van der Waals surface area contributed by atoms with Crippen molar-refractivity contribution in [2.24, 2.45) is 0 Å². The molecule has 0 saturated heterocycles. The van der Waals surface area contributed by atoms with Crippen LogP contribution in [0.3, 0.4) is 0 Å². The van der Waals surface area contributed by atoms with Gasteiger partial charge in [-0.15, -0.1) is 0 Å². The maximum Gasteiger partial charge on any atom is 0.313 e. The van der Waals surface area contributed by atoms with E-state index in [1.165, 1.54) is 12.3 Å². The van der Waals surface area contributed by atoms with Gasteiger partial charge in [-0.2, -0.15) is 0 Å². The molecule has 0 spiro atoms. The van der Waals surface area contributed by atoms with Crippen molar-refractivity contribution >= 4 is 23.4 Å². The Kier molecular flexibility index (Phi) is 3.71. The second kappa shape index (κ2) is 4.81. The molecule has 0 atom stereocenters. The van der Waals surface area contributed by atoms with E-state index in [4.69, 9.17) is 16.0 Å². The Morgan fingerprint density at radius 3 is 2.79 bits per heavy atom. The molecule has 0 N–H and O–H groups in total. The van der Waals surface area contributed by atoms with Crippen LogP contribution in [0.15, 0.2) is 16.7 Å². The van der Waals surface area contributed by atoms with Crippen molar-refractivity contribution in [2.45, 2.75) is 13.3 Å². The van der Waals surface area contributed by atoms with E-state index in [0.29, 0.717) is 0 Å². The standard InChI is InChI=1S/C9H9ClO4/c1-2-13-8(12)5-7(11)9-6(10)3-4-14-9/h3-4H,2,5H2,1H3. The number of rotatable bonds is 4. The molecule has 14 heavy (non-hydrogen) atoms. The number of carbonyl (C=O) groups is 2. The monoisotopic (exact) mass is 216 g/mol. The van der Waals surface area contributed by atoms with Gasteiger partial charge in [-0.05, 0) is 13.0 Å². The third kappa shape index (κ3) is 2.60. The van der Waals surface area contributed by atoms with Gasteiger partial charge in [-0.1, -0.05) is 11.6 Å². The van der Waals surface area contributed by atoms with Gasteiger partial charge in [-0.25, -0.2) is 0 Å². The maximum absolute atomic E-state index is 11.3. The van der Waals surface area contributed by atoms with Gasteiger partial charge in [0.25, 0.3) is 0 Å². The molecule has 0 amide bonds. The number of Topliss-reactive ketones (excluding diaryl/α,β-unsaturated/α-hetero) is 1. The lowest BCUT2D eigenvalue weighted by Crippen LogP contribution is -2.11. The topological polar surface area (TPSA) is 56.5 Å². The quantitative estimate of drug-likeness (QED) is 0.439. The van der Waals surface area contributed by atoms with Gasteiger partial charge < -0.3 is 9.15 Å². The molecule has 0 aliphatic heterocycles. The van der Waals surface area contributed by atoms with Gasteiger partial charge >= 0.3 is 5.97 Å². The molecule has 5 heteroatoms. The SMILES string of the molecule is CCOC(=O)CC(=O)c1occc1Cl. The molecule has 0 aliphatic carbocycles. The van der Waals surface area contributed by atoms with E-state index in [1.54, 1.807) is 6.92 Å². The Morgan fingerprint density at radius 2 is 2.29 bits per heavy atom. The summed E-state index contributed by atoms with van der Waals surface area (Å²) in [7, 11) is 0.